The summed E-state index contributed by atoms with van der Waals surface area (Å²) in [6.07, 6.45) is 3.47. The highest BCUT2D eigenvalue weighted by Gasteiger charge is 2.54. The summed E-state index contributed by atoms with van der Waals surface area (Å²) in [6, 6.07) is 10.8. The molecular formula is C38H40F2N6O6. The second-order valence-corrected chi connectivity index (χ2v) is 15.0. The molecule has 7 rings (SSSR count). The van der Waals surface area contributed by atoms with Crippen molar-refractivity contribution in [2.75, 3.05) is 38.3 Å². The molecule has 0 radical (unpaired) electrons. The zero-order valence-electron chi connectivity index (χ0n) is 29.7. The summed E-state index contributed by atoms with van der Waals surface area (Å²) < 4.78 is 46.9. The molecule has 4 aromatic rings. The van der Waals surface area contributed by atoms with Crippen molar-refractivity contribution in [1.29, 1.82) is 0 Å². The second-order valence-electron chi connectivity index (χ2n) is 15.0. The van der Waals surface area contributed by atoms with Gasteiger partial charge in [0.05, 0.1) is 18.3 Å². The maximum Gasteiger partial charge on any atom is 0.377 e. The van der Waals surface area contributed by atoms with Gasteiger partial charge in [-0.2, -0.15) is 0 Å². The number of aromatic nitrogens is 3. The van der Waals surface area contributed by atoms with Crippen molar-refractivity contribution in [3.63, 3.8) is 0 Å². The molecule has 1 atom stereocenters. The fraction of sp³-hybridized carbons (Fsp3) is 0.421. The molecule has 2 saturated heterocycles. The third-order valence-corrected chi connectivity index (χ3v) is 9.98. The monoisotopic (exact) mass is 714 g/mol. The number of amides is 3. The molecule has 1 unspecified atom stereocenters. The number of imide groups is 1. The van der Waals surface area contributed by atoms with Crippen LogP contribution in [0.3, 0.4) is 0 Å². The summed E-state index contributed by atoms with van der Waals surface area (Å²) in [5.41, 5.74) is 2.92. The number of hydrogen-bond donors (Lipinski definition) is 1. The molecule has 1 aliphatic carbocycles. The predicted octanol–water partition coefficient (Wildman–Crippen LogP) is 6.35. The molecule has 52 heavy (non-hydrogen) atoms. The Hall–Kier alpha value is -5.08. The number of anilines is 1. The second kappa shape index (κ2) is 13.5. The first-order valence-corrected chi connectivity index (χ1v) is 17.2. The number of hydrogen-bond acceptors (Lipinski definition) is 10. The normalized spacial score (nSPS) is 18.2. The quantitative estimate of drug-likeness (QED) is 0.195. The number of likely N-dealkylation sites (tertiary alicyclic amines) is 1. The Labute approximate surface area is 299 Å². The summed E-state index contributed by atoms with van der Waals surface area (Å²) in [4.78, 5) is 48.5. The van der Waals surface area contributed by atoms with Gasteiger partial charge in [0.1, 0.15) is 17.2 Å². The Balaban J connectivity index is 0.989. The lowest BCUT2D eigenvalue weighted by atomic mass is 9.56. The van der Waals surface area contributed by atoms with Gasteiger partial charge in [-0.25, -0.2) is 28.3 Å². The summed E-state index contributed by atoms with van der Waals surface area (Å²) >= 11 is 0. The number of halogens is 2. The topological polar surface area (TPSA) is 140 Å². The van der Waals surface area contributed by atoms with Gasteiger partial charge in [-0.05, 0) is 81.2 Å². The minimum Gasteiger partial charge on any atom is -0.454 e. The Morgan fingerprint density at radius 2 is 1.85 bits per heavy atom. The van der Waals surface area contributed by atoms with Gasteiger partial charge in [-0.1, -0.05) is 23.4 Å². The molecule has 3 amide bonds. The van der Waals surface area contributed by atoms with E-state index in [-0.39, 0.29) is 59.2 Å². The van der Waals surface area contributed by atoms with Crippen LogP contribution >= 0.6 is 0 Å². The largest absolute Gasteiger partial charge is 0.454 e. The molecule has 12 nitrogen and oxygen atoms in total. The van der Waals surface area contributed by atoms with E-state index in [2.05, 4.69) is 25.3 Å². The fourth-order valence-corrected chi connectivity index (χ4v) is 7.49. The van der Waals surface area contributed by atoms with Crippen LogP contribution in [0.4, 0.5) is 19.3 Å². The Morgan fingerprint density at radius 1 is 1.08 bits per heavy atom. The average molecular weight is 715 g/mol. The van der Waals surface area contributed by atoms with Gasteiger partial charge < -0.3 is 14.0 Å². The van der Waals surface area contributed by atoms with Crippen LogP contribution in [-0.4, -0.2) is 76.9 Å². The van der Waals surface area contributed by atoms with E-state index in [1.54, 1.807) is 46.9 Å². The first-order chi connectivity index (χ1) is 24.7. The smallest absolute Gasteiger partial charge is 0.377 e. The predicted molar refractivity (Wildman–Crippen MR) is 185 cm³/mol. The van der Waals surface area contributed by atoms with E-state index in [9.17, 15) is 14.4 Å². The highest BCUT2D eigenvalue weighted by molar-refractivity contribution is 6.05. The maximum absolute atomic E-state index is 15.8. The van der Waals surface area contributed by atoms with E-state index < -0.39 is 29.2 Å². The lowest BCUT2D eigenvalue weighted by molar-refractivity contribution is -0.120. The van der Waals surface area contributed by atoms with Crippen LogP contribution in [-0.2, 0) is 14.3 Å². The number of rotatable bonds is 9. The molecule has 4 heterocycles. The van der Waals surface area contributed by atoms with Gasteiger partial charge >= 0.3 is 12.0 Å². The number of benzene rings is 2. The van der Waals surface area contributed by atoms with E-state index in [4.69, 9.17) is 14.0 Å². The van der Waals surface area contributed by atoms with E-state index >= 15 is 8.78 Å². The number of carbonyl (C=O) groups is 3. The number of aryl methyl sites for hydroxylation is 1. The van der Waals surface area contributed by atoms with Crippen molar-refractivity contribution < 1.29 is 37.2 Å². The van der Waals surface area contributed by atoms with Crippen LogP contribution in [0.1, 0.15) is 79.4 Å². The number of esters is 1. The van der Waals surface area contributed by atoms with Crippen molar-refractivity contribution in [1.82, 2.24) is 25.3 Å². The van der Waals surface area contributed by atoms with Gasteiger partial charge in [-0.15, -0.1) is 0 Å². The lowest BCUT2D eigenvalue weighted by Gasteiger charge is -2.61. The summed E-state index contributed by atoms with van der Waals surface area (Å²) in [5.74, 6) is -1.54. The molecule has 2 aliphatic heterocycles. The van der Waals surface area contributed by atoms with Crippen LogP contribution < -0.4 is 10.2 Å². The molecule has 2 aromatic carbocycles. The molecule has 3 fully saturated rings. The molecular weight excluding hydrogens is 674 g/mol. The summed E-state index contributed by atoms with van der Waals surface area (Å²) in [6.45, 7) is 9.17. The molecule has 3 aliphatic rings. The summed E-state index contributed by atoms with van der Waals surface area (Å²) in [5, 5.41) is 6.15. The first kappa shape index (κ1) is 35.3. The molecule has 1 saturated carbocycles. The lowest BCUT2D eigenvalue weighted by Crippen LogP contribution is -2.62. The van der Waals surface area contributed by atoms with Gasteiger partial charge in [0.25, 0.3) is 0 Å². The SMILES string of the molecule is COCC(c1ccc(-c2cnc(-c3cc(C(=O)OC(C)(C)C)on3)nc2C)c(F)c1)N1CC2(CC(c3ccc(N4CCC(=O)NC4=O)c(F)c3)C2)C1. The third-order valence-electron chi connectivity index (χ3n) is 9.98. The summed E-state index contributed by atoms with van der Waals surface area (Å²) in [7, 11) is 1.63. The Kier molecular flexibility index (Phi) is 9.16. The first-order valence-electron chi connectivity index (χ1n) is 17.2. The Bertz CT molecular complexity index is 2050. The third kappa shape index (κ3) is 6.92. The van der Waals surface area contributed by atoms with Crippen molar-refractivity contribution in [2.24, 2.45) is 5.41 Å². The van der Waals surface area contributed by atoms with E-state index in [1.807, 2.05) is 12.1 Å². The fourth-order valence-electron chi connectivity index (χ4n) is 7.49. The van der Waals surface area contributed by atoms with Gasteiger partial charge in [0.2, 0.25) is 11.7 Å². The number of nitrogens with one attached hydrogen (secondary N) is 1. The van der Waals surface area contributed by atoms with Crippen molar-refractivity contribution in [3.05, 3.63) is 82.9 Å². The number of methoxy groups -OCH3 is 1. The number of urea groups is 1. The zero-order chi connectivity index (χ0) is 36.9. The molecule has 1 N–H and O–H groups in total. The highest BCUT2D eigenvalue weighted by atomic mass is 19.1. The molecule has 272 valence electrons. The average Bonchev–Trinajstić information content (AvgIpc) is 3.54. The van der Waals surface area contributed by atoms with Gasteiger partial charge in [0.15, 0.2) is 11.5 Å². The van der Waals surface area contributed by atoms with Crippen molar-refractivity contribution in [3.8, 4) is 22.6 Å². The molecule has 2 aromatic heterocycles. The van der Waals surface area contributed by atoms with Crippen LogP contribution in [0.25, 0.3) is 22.6 Å². The van der Waals surface area contributed by atoms with Gasteiger partial charge in [-0.3, -0.25) is 19.9 Å². The van der Waals surface area contributed by atoms with Crippen molar-refractivity contribution >= 4 is 23.6 Å². The molecule has 14 heteroatoms. The highest BCUT2D eigenvalue weighted by Crippen LogP contribution is 2.57. The van der Waals surface area contributed by atoms with Crippen LogP contribution in [0.5, 0.6) is 0 Å². The van der Waals surface area contributed by atoms with Crippen molar-refractivity contribution in [2.45, 2.75) is 64.5 Å². The number of ether oxygens (including phenoxy) is 2. The zero-order valence-corrected chi connectivity index (χ0v) is 29.7. The minimum absolute atomic E-state index is 0.0695. The molecule has 0 bridgehead atoms. The van der Waals surface area contributed by atoms with Gasteiger partial charge in [0, 0.05) is 62.2 Å². The van der Waals surface area contributed by atoms with Crippen LogP contribution in [0, 0.1) is 24.0 Å². The standard InChI is InChI=1S/C38H40F2N6O6/c1-21-26(17-41-34(42-21)29-14-32(52-44-29)35(48)51-37(2,3)4)25-8-6-23(13-27(25)39)31(18-50-5)45-19-38(20-45)15-24(16-38)22-7-9-30(28(40)12-22)46-11-10-33(47)43-36(46)49/h6-9,12-14,17,24,31H,10-11,15-16,18-20H2,1-5H3,(H,43,47,49). The Morgan fingerprint density at radius 3 is 2.50 bits per heavy atom. The van der Waals surface area contributed by atoms with E-state index in [0.717, 1.165) is 37.1 Å². The number of nitrogens with zero attached hydrogens (tertiary/aromatic N) is 5. The van der Waals surface area contributed by atoms with Crippen LogP contribution in [0.15, 0.2) is 53.2 Å². The molecule has 1 spiro atoms. The maximum atomic E-state index is 15.8. The van der Waals surface area contributed by atoms with E-state index in [1.165, 1.54) is 29.3 Å². The van der Waals surface area contributed by atoms with E-state index in [0.29, 0.717) is 23.4 Å². The van der Waals surface area contributed by atoms with Crippen LogP contribution in [0.2, 0.25) is 0 Å². The number of carbonyl (C=O) groups excluding carboxylic acids is 3. The minimum atomic E-state index is -0.695.